The third kappa shape index (κ3) is 3.79. The van der Waals surface area contributed by atoms with Gasteiger partial charge in [-0.3, -0.25) is 4.79 Å². The van der Waals surface area contributed by atoms with Crippen molar-refractivity contribution in [2.24, 2.45) is 0 Å². The maximum Gasteiger partial charge on any atom is 0.251 e. The van der Waals surface area contributed by atoms with Gasteiger partial charge in [-0.1, -0.05) is 17.7 Å². The van der Waals surface area contributed by atoms with Gasteiger partial charge in [0.2, 0.25) is 0 Å². The van der Waals surface area contributed by atoms with Crippen molar-refractivity contribution < 1.29 is 13.9 Å². The molecule has 1 aromatic carbocycles. The van der Waals surface area contributed by atoms with Crippen LogP contribution in [-0.4, -0.2) is 19.6 Å². The Hall–Kier alpha value is -1.43. The molecule has 0 spiro atoms. The van der Waals surface area contributed by atoms with Crippen LogP contribution in [0.15, 0.2) is 36.4 Å². The third-order valence-electron chi connectivity index (χ3n) is 2.73. The van der Waals surface area contributed by atoms with Crippen LogP contribution in [0.2, 0.25) is 4.34 Å². The maximum atomic E-state index is 13.0. The van der Waals surface area contributed by atoms with E-state index >= 15 is 0 Å². The molecule has 0 saturated heterocycles. The zero-order chi connectivity index (χ0) is 14.5. The molecule has 1 amide bonds. The van der Waals surface area contributed by atoms with Crippen LogP contribution in [0.4, 0.5) is 4.39 Å². The van der Waals surface area contributed by atoms with Crippen molar-refractivity contribution in [3.8, 4) is 0 Å². The number of carbonyl (C=O) groups excluding carboxylic acids is 1. The second kappa shape index (κ2) is 6.83. The molecule has 0 aliphatic carbocycles. The summed E-state index contributed by atoms with van der Waals surface area (Å²) in [5, 5.41) is 2.72. The second-order valence-electron chi connectivity index (χ2n) is 4.09. The Morgan fingerprint density at radius 2 is 2.25 bits per heavy atom. The van der Waals surface area contributed by atoms with Crippen LogP contribution >= 0.6 is 22.9 Å². The Kier molecular flexibility index (Phi) is 5.11. The van der Waals surface area contributed by atoms with Crippen molar-refractivity contribution in [3.05, 3.63) is 57.0 Å². The van der Waals surface area contributed by atoms with Crippen LogP contribution in [0.3, 0.4) is 0 Å². The quantitative estimate of drug-likeness (QED) is 0.915. The molecule has 1 N–H and O–H groups in total. The Labute approximate surface area is 125 Å². The molecule has 0 radical (unpaired) electrons. The van der Waals surface area contributed by atoms with Gasteiger partial charge in [0.1, 0.15) is 11.9 Å². The normalized spacial score (nSPS) is 12.2. The maximum absolute atomic E-state index is 13.0. The Balaban J connectivity index is 1.98. The molecule has 106 valence electrons. The van der Waals surface area contributed by atoms with Gasteiger partial charge in [-0.25, -0.2) is 4.39 Å². The first-order valence-electron chi connectivity index (χ1n) is 5.92. The highest BCUT2D eigenvalue weighted by Crippen LogP contribution is 2.28. The van der Waals surface area contributed by atoms with E-state index in [1.165, 1.54) is 29.5 Å². The van der Waals surface area contributed by atoms with E-state index in [-0.39, 0.29) is 17.6 Å². The van der Waals surface area contributed by atoms with Gasteiger partial charge in [-0.15, -0.1) is 11.3 Å². The average molecular weight is 314 g/mol. The number of amides is 1. The average Bonchev–Trinajstić information content (AvgIpc) is 2.86. The molecule has 20 heavy (non-hydrogen) atoms. The Morgan fingerprint density at radius 3 is 2.85 bits per heavy atom. The van der Waals surface area contributed by atoms with E-state index in [2.05, 4.69) is 5.32 Å². The molecular formula is C14H13ClFNO2S. The molecule has 1 atom stereocenters. The first-order valence-corrected chi connectivity index (χ1v) is 7.11. The van der Waals surface area contributed by atoms with Crippen LogP contribution in [-0.2, 0) is 4.74 Å². The van der Waals surface area contributed by atoms with E-state index in [4.69, 9.17) is 16.3 Å². The summed E-state index contributed by atoms with van der Waals surface area (Å²) in [6, 6.07) is 9.18. The van der Waals surface area contributed by atoms with E-state index in [1.807, 2.05) is 6.07 Å². The van der Waals surface area contributed by atoms with Gasteiger partial charge in [0.25, 0.3) is 5.91 Å². The number of ether oxygens (including phenoxy) is 1. The number of methoxy groups -OCH3 is 1. The predicted octanol–water partition coefficient (Wildman–Crippen LogP) is 3.66. The summed E-state index contributed by atoms with van der Waals surface area (Å²) < 4.78 is 19.0. The fraction of sp³-hybridized carbons (Fsp3) is 0.214. The standard InChI is InChI=1S/C14H13ClFNO2S/c1-19-11(12-5-6-13(15)20-12)8-17-14(18)9-3-2-4-10(16)7-9/h2-7,11H,8H2,1H3,(H,17,18)/t11-/m1/s1. The number of halogens is 2. The number of thiophene rings is 1. The van der Waals surface area contributed by atoms with Crippen molar-refractivity contribution in [1.29, 1.82) is 0 Å². The van der Waals surface area contributed by atoms with Crippen molar-refractivity contribution >= 4 is 28.8 Å². The van der Waals surface area contributed by atoms with Gasteiger partial charge in [0, 0.05) is 24.1 Å². The molecule has 2 aromatic rings. The fourth-order valence-electron chi connectivity index (χ4n) is 1.72. The van der Waals surface area contributed by atoms with Crippen LogP contribution < -0.4 is 5.32 Å². The lowest BCUT2D eigenvalue weighted by atomic mass is 10.2. The molecule has 3 nitrogen and oxygen atoms in total. The molecule has 1 heterocycles. The topological polar surface area (TPSA) is 38.3 Å². The minimum atomic E-state index is -0.439. The van der Waals surface area contributed by atoms with Crippen molar-refractivity contribution in [1.82, 2.24) is 5.32 Å². The zero-order valence-electron chi connectivity index (χ0n) is 10.7. The van der Waals surface area contributed by atoms with Gasteiger partial charge in [-0.2, -0.15) is 0 Å². The first kappa shape index (κ1) is 15.0. The molecule has 0 aliphatic rings. The van der Waals surface area contributed by atoms with Gasteiger partial charge in [0.15, 0.2) is 0 Å². The molecule has 0 aliphatic heterocycles. The van der Waals surface area contributed by atoms with Gasteiger partial charge in [-0.05, 0) is 30.3 Å². The monoisotopic (exact) mass is 313 g/mol. The van der Waals surface area contributed by atoms with E-state index in [1.54, 1.807) is 19.2 Å². The highest BCUT2D eigenvalue weighted by molar-refractivity contribution is 7.16. The lowest BCUT2D eigenvalue weighted by molar-refractivity contribution is 0.0837. The van der Waals surface area contributed by atoms with Crippen molar-refractivity contribution in [2.75, 3.05) is 13.7 Å². The Bertz CT molecular complexity index is 602. The highest BCUT2D eigenvalue weighted by Gasteiger charge is 2.15. The summed E-state index contributed by atoms with van der Waals surface area (Å²) in [5.74, 6) is -0.778. The number of rotatable bonds is 5. The first-order chi connectivity index (χ1) is 9.60. The fourth-order valence-corrected chi connectivity index (χ4v) is 2.86. The number of benzene rings is 1. The van der Waals surface area contributed by atoms with Crippen molar-refractivity contribution in [3.63, 3.8) is 0 Å². The molecule has 1 aromatic heterocycles. The molecule has 0 saturated carbocycles. The SMILES string of the molecule is CO[C@H](CNC(=O)c1cccc(F)c1)c1ccc(Cl)s1. The van der Waals surface area contributed by atoms with Crippen LogP contribution in [0.25, 0.3) is 0 Å². The lowest BCUT2D eigenvalue weighted by Gasteiger charge is -2.14. The zero-order valence-corrected chi connectivity index (χ0v) is 12.3. The Morgan fingerprint density at radius 1 is 1.45 bits per heavy atom. The predicted molar refractivity (Wildman–Crippen MR) is 77.8 cm³/mol. The van der Waals surface area contributed by atoms with E-state index in [0.717, 1.165) is 4.88 Å². The molecule has 0 bridgehead atoms. The third-order valence-corrected chi connectivity index (χ3v) is 4.05. The van der Waals surface area contributed by atoms with E-state index in [0.29, 0.717) is 10.9 Å². The summed E-state index contributed by atoms with van der Waals surface area (Å²) in [5.41, 5.74) is 0.282. The molecule has 2 rings (SSSR count). The van der Waals surface area contributed by atoms with Crippen molar-refractivity contribution in [2.45, 2.75) is 6.10 Å². The summed E-state index contributed by atoms with van der Waals surface area (Å²) in [7, 11) is 1.56. The molecule has 0 fully saturated rings. The van der Waals surface area contributed by atoms with Crippen LogP contribution in [0, 0.1) is 5.82 Å². The second-order valence-corrected chi connectivity index (χ2v) is 5.83. The summed E-state index contributed by atoms with van der Waals surface area (Å²) >= 11 is 7.27. The molecular weight excluding hydrogens is 301 g/mol. The van der Waals surface area contributed by atoms with Gasteiger partial charge in [0.05, 0.1) is 4.34 Å². The minimum Gasteiger partial charge on any atom is -0.374 e. The number of carbonyl (C=O) groups is 1. The molecule has 0 unspecified atom stereocenters. The lowest BCUT2D eigenvalue weighted by Crippen LogP contribution is -2.28. The smallest absolute Gasteiger partial charge is 0.251 e. The largest absolute Gasteiger partial charge is 0.374 e. The summed E-state index contributed by atoms with van der Waals surface area (Å²) in [4.78, 5) is 12.8. The summed E-state index contributed by atoms with van der Waals surface area (Å²) in [6.45, 7) is 0.294. The van der Waals surface area contributed by atoms with E-state index in [9.17, 15) is 9.18 Å². The van der Waals surface area contributed by atoms with Crippen LogP contribution in [0.5, 0.6) is 0 Å². The van der Waals surface area contributed by atoms with Gasteiger partial charge >= 0.3 is 0 Å². The van der Waals surface area contributed by atoms with Gasteiger partial charge < -0.3 is 10.1 Å². The van der Waals surface area contributed by atoms with Crippen LogP contribution in [0.1, 0.15) is 21.3 Å². The highest BCUT2D eigenvalue weighted by atomic mass is 35.5. The summed E-state index contributed by atoms with van der Waals surface area (Å²) in [6.07, 6.45) is -0.273. The number of nitrogens with one attached hydrogen (secondary N) is 1. The molecule has 6 heteroatoms. The number of hydrogen-bond acceptors (Lipinski definition) is 3. The minimum absolute atomic E-state index is 0.273. The van der Waals surface area contributed by atoms with E-state index < -0.39 is 5.82 Å². The number of hydrogen-bond donors (Lipinski definition) is 1.